The highest BCUT2D eigenvalue weighted by Gasteiger charge is 2.27. The Morgan fingerprint density at radius 3 is 1.01 bits per heavy atom. The molecule has 1 N–H and O–H groups in total. The minimum atomic E-state index is -4.38. The number of hydrogen-bond donors (Lipinski definition) is 1. The van der Waals surface area contributed by atoms with Crippen LogP contribution in [0.5, 0.6) is 0 Å². The first-order valence-corrected chi connectivity index (χ1v) is 33.4. The summed E-state index contributed by atoms with van der Waals surface area (Å²) in [6, 6.07) is 0. The van der Waals surface area contributed by atoms with Gasteiger partial charge in [-0.1, -0.05) is 289 Å². The fourth-order valence-electron chi connectivity index (χ4n) is 9.60. The Morgan fingerprint density at radius 2 is 0.699 bits per heavy atom. The zero-order valence-electron chi connectivity index (χ0n) is 49.4. The van der Waals surface area contributed by atoms with Gasteiger partial charge in [-0.15, -0.1) is 0 Å². The molecule has 0 aromatic rings. The van der Waals surface area contributed by atoms with Gasteiger partial charge in [-0.2, -0.15) is 0 Å². The maximum atomic E-state index is 12.8. The minimum absolute atomic E-state index is 0.0365. The van der Waals surface area contributed by atoms with E-state index in [1.165, 1.54) is 263 Å². The molecule has 0 saturated heterocycles. The number of phosphoric acid groups is 1. The predicted octanol–water partition coefficient (Wildman–Crippen LogP) is 20.0. The van der Waals surface area contributed by atoms with Gasteiger partial charge < -0.3 is 18.9 Å². The molecule has 0 aromatic heterocycles. The van der Waals surface area contributed by atoms with Crippen molar-refractivity contribution >= 4 is 19.8 Å². The van der Waals surface area contributed by atoms with Crippen LogP contribution in [0.1, 0.15) is 328 Å². The monoisotopic (exact) mass is 1050 g/mol. The molecule has 0 radical (unpaired) electrons. The van der Waals surface area contributed by atoms with E-state index >= 15 is 0 Å². The van der Waals surface area contributed by atoms with Crippen LogP contribution in [0.4, 0.5) is 0 Å². The lowest BCUT2D eigenvalue weighted by Gasteiger charge is -2.24. The van der Waals surface area contributed by atoms with Gasteiger partial charge in [0.05, 0.1) is 27.7 Å². The normalized spacial score (nSPS) is 13.2. The Labute approximate surface area is 454 Å². The van der Waals surface area contributed by atoms with E-state index in [0.717, 1.165) is 38.5 Å². The molecular formula is C63H125NO8P+. The van der Waals surface area contributed by atoms with Crippen LogP contribution in [0.25, 0.3) is 0 Å². The van der Waals surface area contributed by atoms with E-state index in [4.69, 9.17) is 18.5 Å². The summed E-state index contributed by atoms with van der Waals surface area (Å²) in [7, 11) is 1.50. The Morgan fingerprint density at radius 1 is 0.411 bits per heavy atom. The second-order valence-electron chi connectivity index (χ2n) is 23.2. The molecule has 0 heterocycles. The molecule has 2 unspecified atom stereocenters. The summed E-state index contributed by atoms with van der Waals surface area (Å²) in [6.45, 7) is 4.50. The first kappa shape index (κ1) is 71.8. The van der Waals surface area contributed by atoms with Gasteiger partial charge in [0.15, 0.2) is 6.10 Å². The molecule has 0 aliphatic rings. The van der Waals surface area contributed by atoms with Crippen LogP contribution in [0, 0.1) is 0 Å². The van der Waals surface area contributed by atoms with Crippen molar-refractivity contribution in [2.75, 3.05) is 47.5 Å². The summed E-state index contributed by atoms with van der Waals surface area (Å²) in [5, 5.41) is 0. The van der Waals surface area contributed by atoms with E-state index in [1.807, 2.05) is 21.1 Å². The number of likely N-dealkylation sites (N-methyl/N-ethyl adjacent to an activating group) is 1. The van der Waals surface area contributed by atoms with E-state index in [-0.39, 0.29) is 25.6 Å². The van der Waals surface area contributed by atoms with Gasteiger partial charge in [0.25, 0.3) is 0 Å². The molecule has 0 fully saturated rings. The molecule has 0 aromatic carbocycles. The number of carbonyl (C=O) groups excluding carboxylic acids is 2. The van der Waals surface area contributed by atoms with Crippen LogP contribution in [0.2, 0.25) is 0 Å². The van der Waals surface area contributed by atoms with Crippen LogP contribution < -0.4 is 0 Å². The fraction of sp³-hybridized carbons (Fsp3) is 0.937. The van der Waals surface area contributed by atoms with Gasteiger partial charge in [0.1, 0.15) is 19.8 Å². The minimum Gasteiger partial charge on any atom is -0.462 e. The Hall–Kier alpha value is -1.25. The van der Waals surface area contributed by atoms with Crippen LogP contribution in [0.3, 0.4) is 0 Å². The Kier molecular flexibility index (Phi) is 54.6. The van der Waals surface area contributed by atoms with Crippen molar-refractivity contribution in [3.8, 4) is 0 Å². The summed E-state index contributed by atoms with van der Waals surface area (Å²) in [6.07, 6.45) is 65.9. The second-order valence-corrected chi connectivity index (χ2v) is 24.6. The number of hydrogen-bond acceptors (Lipinski definition) is 7. The number of ether oxygens (including phenoxy) is 2. The van der Waals surface area contributed by atoms with Crippen molar-refractivity contribution in [1.29, 1.82) is 0 Å². The third-order valence-electron chi connectivity index (χ3n) is 14.5. The fourth-order valence-corrected chi connectivity index (χ4v) is 10.3. The number of esters is 2. The highest BCUT2D eigenvalue weighted by Crippen LogP contribution is 2.43. The lowest BCUT2D eigenvalue weighted by atomic mass is 10.0. The molecule has 0 spiro atoms. The molecule has 0 aliphatic heterocycles. The number of nitrogens with zero attached hydrogens (tertiary/aromatic N) is 1. The van der Waals surface area contributed by atoms with Crippen molar-refractivity contribution in [3.05, 3.63) is 12.2 Å². The van der Waals surface area contributed by atoms with Crippen molar-refractivity contribution in [2.24, 2.45) is 0 Å². The van der Waals surface area contributed by atoms with Crippen LogP contribution in [0.15, 0.2) is 12.2 Å². The summed E-state index contributed by atoms with van der Waals surface area (Å²) in [4.78, 5) is 35.7. The molecule has 9 nitrogen and oxygen atoms in total. The molecule has 2 atom stereocenters. The van der Waals surface area contributed by atoms with Gasteiger partial charge >= 0.3 is 19.8 Å². The molecular weight excluding hydrogens is 930 g/mol. The molecule has 10 heteroatoms. The Bertz CT molecular complexity index is 1240. The van der Waals surface area contributed by atoms with Crippen molar-refractivity contribution in [1.82, 2.24) is 0 Å². The molecule has 0 aliphatic carbocycles. The molecule has 73 heavy (non-hydrogen) atoms. The van der Waals surface area contributed by atoms with E-state index in [9.17, 15) is 19.0 Å². The zero-order chi connectivity index (χ0) is 53.5. The van der Waals surface area contributed by atoms with Crippen LogP contribution in [-0.4, -0.2) is 74.9 Å². The van der Waals surface area contributed by atoms with E-state index < -0.39 is 26.5 Å². The third kappa shape index (κ3) is 59.8. The van der Waals surface area contributed by atoms with Crippen molar-refractivity contribution in [2.45, 2.75) is 335 Å². The van der Waals surface area contributed by atoms with Crippen LogP contribution in [-0.2, 0) is 32.7 Å². The quantitative estimate of drug-likeness (QED) is 0.0211. The predicted molar refractivity (Wildman–Crippen MR) is 312 cm³/mol. The van der Waals surface area contributed by atoms with E-state index in [2.05, 4.69) is 26.0 Å². The van der Waals surface area contributed by atoms with Gasteiger partial charge in [0, 0.05) is 12.8 Å². The average molecular weight is 1060 g/mol. The number of quaternary nitrogens is 1. The number of allylic oxidation sites excluding steroid dienone is 2. The summed E-state index contributed by atoms with van der Waals surface area (Å²) < 4.78 is 34.6. The van der Waals surface area contributed by atoms with Gasteiger partial charge in [-0.25, -0.2) is 4.57 Å². The highest BCUT2D eigenvalue weighted by molar-refractivity contribution is 7.47. The number of phosphoric ester groups is 1. The average Bonchev–Trinajstić information content (AvgIpc) is 3.35. The second kappa shape index (κ2) is 55.5. The summed E-state index contributed by atoms with van der Waals surface area (Å²) >= 11 is 0. The van der Waals surface area contributed by atoms with E-state index in [0.29, 0.717) is 17.4 Å². The SMILES string of the molecule is CCCCCCCCCC/C=C\CCCCCCCCCCCCCCCCCCCCCCCC(=O)OC(COC(=O)CCCCCCCCCCCCCCCCCC)COP(=O)(O)OCC[N+](C)(C)C. The lowest BCUT2D eigenvalue weighted by Crippen LogP contribution is -2.37. The topological polar surface area (TPSA) is 108 Å². The lowest BCUT2D eigenvalue weighted by molar-refractivity contribution is -0.870. The molecule has 434 valence electrons. The van der Waals surface area contributed by atoms with Crippen LogP contribution >= 0.6 is 7.82 Å². The van der Waals surface area contributed by atoms with Crippen molar-refractivity contribution < 1.29 is 42.1 Å². The standard InChI is InChI=1S/C63H124NO8P/c1-6-8-10-12-14-16-18-20-22-24-25-26-27-28-29-30-31-32-33-34-35-36-37-38-39-40-42-44-46-48-50-52-54-56-63(66)72-61(60-71-73(67,68)70-58-57-64(3,4)5)59-69-62(65)55-53-51-49-47-45-43-41-23-21-19-17-15-13-11-9-7-2/h24-25,61H,6-23,26-60H2,1-5H3/p+1/b25-24-. The number of carbonyl (C=O) groups is 2. The van der Waals surface area contributed by atoms with Gasteiger partial charge in [-0.05, 0) is 38.5 Å². The highest BCUT2D eigenvalue weighted by atomic mass is 31.2. The molecule has 0 amide bonds. The summed E-state index contributed by atoms with van der Waals surface area (Å²) in [5.41, 5.74) is 0. The maximum absolute atomic E-state index is 12.8. The third-order valence-corrected chi connectivity index (χ3v) is 15.5. The van der Waals surface area contributed by atoms with Crippen molar-refractivity contribution in [3.63, 3.8) is 0 Å². The van der Waals surface area contributed by atoms with Gasteiger partial charge in [-0.3, -0.25) is 18.6 Å². The first-order chi connectivity index (χ1) is 35.5. The van der Waals surface area contributed by atoms with Gasteiger partial charge in [0.2, 0.25) is 0 Å². The largest absolute Gasteiger partial charge is 0.472 e. The molecule has 0 rings (SSSR count). The summed E-state index contributed by atoms with van der Waals surface area (Å²) in [5.74, 6) is -0.775. The molecule has 0 bridgehead atoms. The van der Waals surface area contributed by atoms with E-state index in [1.54, 1.807) is 0 Å². The number of unbranched alkanes of at least 4 members (excludes halogenated alkanes) is 44. The maximum Gasteiger partial charge on any atom is 0.472 e. The smallest absolute Gasteiger partial charge is 0.462 e. The number of rotatable bonds is 60. The molecule has 0 saturated carbocycles. The Balaban J connectivity index is 3.96. The first-order valence-electron chi connectivity index (χ1n) is 31.9. The zero-order valence-corrected chi connectivity index (χ0v) is 50.3.